The van der Waals surface area contributed by atoms with Crippen LogP contribution in [0, 0.1) is 0 Å². The summed E-state index contributed by atoms with van der Waals surface area (Å²) in [5.74, 6) is -0.434. The van der Waals surface area contributed by atoms with E-state index in [1.807, 2.05) is 0 Å². The maximum Gasteiger partial charge on any atom is 0.270 e. The number of likely N-dealkylation sites (tertiary alicyclic amines) is 1. The average Bonchev–Trinajstić information content (AvgIpc) is 2.97. The summed E-state index contributed by atoms with van der Waals surface area (Å²) in [7, 11) is -3.80. The smallest absolute Gasteiger partial charge is 0.270 e. The first-order chi connectivity index (χ1) is 9.78. The first-order valence-corrected chi connectivity index (χ1v) is 8.47. The molecule has 21 heavy (non-hydrogen) atoms. The highest BCUT2D eigenvalue weighted by Crippen LogP contribution is 2.21. The van der Waals surface area contributed by atoms with Crippen LogP contribution in [0.5, 0.6) is 0 Å². The first kappa shape index (κ1) is 15.8. The third-order valence-electron chi connectivity index (χ3n) is 2.87. The van der Waals surface area contributed by atoms with Gasteiger partial charge in [0.25, 0.3) is 10.0 Å². The lowest BCUT2D eigenvalue weighted by Crippen LogP contribution is -2.37. The zero-order valence-corrected chi connectivity index (χ0v) is 13.1. The second-order valence-electron chi connectivity index (χ2n) is 4.63. The molecule has 1 fully saturated rings. The molecule has 1 aliphatic rings. The lowest BCUT2D eigenvalue weighted by Gasteiger charge is -2.14. The standard InChI is InChI=1S/C10H15N5O4S2/c1-6(16)11-9-12-13-10(20-9)21(18,19)14-8-3-4-15(5-8)7(2)17/h8,14H,3-5H2,1-2H3,(H,11,12,16). The molecule has 1 atom stereocenters. The molecule has 0 bridgehead atoms. The molecule has 1 saturated heterocycles. The Kier molecular flexibility index (Phi) is 4.54. The number of rotatable bonds is 4. The molecule has 0 aromatic carbocycles. The zero-order chi connectivity index (χ0) is 15.6. The Morgan fingerprint density at radius 1 is 1.33 bits per heavy atom. The van der Waals surface area contributed by atoms with Crippen LogP contribution in [-0.4, -0.2) is 54.5 Å². The second-order valence-corrected chi connectivity index (χ2v) is 7.49. The van der Waals surface area contributed by atoms with Crippen LogP contribution < -0.4 is 10.0 Å². The number of nitrogens with zero attached hydrogens (tertiary/aromatic N) is 3. The molecule has 116 valence electrons. The Morgan fingerprint density at radius 2 is 2.05 bits per heavy atom. The topological polar surface area (TPSA) is 121 Å². The first-order valence-electron chi connectivity index (χ1n) is 6.17. The van der Waals surface area contributed by atoms with Gasteiger partial charge in [-0.1, -0.05) is 11.3 Å². The van der Waals surface area contributed by atoms with Crippen LogP contribution in [-0.2, 0) is 19.6 Å². The molecule has 2 rings (SSSR count). The summed E-state index contributed by atoms with van der Waals surface area (Å²) in [6.45, 7) is 3.60. The SMILES string of the molecule is CC(=O)Nc1nnc(S(=O)(=O)NC2CCN(C(C)=O)C2)s1. The summed E-state index contributed by atoms with van der Waals surface area (Å²) in [6.07, 6.45) is 0.552. The van der Waals surface area contributed by atoms with E-state index in [4.69, 9.17) is 0 Å². The van der Waals surface area contributed by atoms with Gasteiger partial charge in [-0.15, -0.1) is 10.2 Å². The maximum absolute atomic E-state index is 12.1. The van der Waals surface area contributed by atoms with Gasteiger partial charge in [0.2, 0.25) is 21.3 Å². The van der Waals surface area contributed by atoms with E-state index in [1.54, 1.807) is 4.90 Å². The number of anilines is 1. The molecule has 1 aromatic rings. The Hall–Kier alpha value is -1.59. The van der Waals surface area contributed by atoms with E-state index in [0.717, 1.165) is 11.3 Å². The highest BCUT2D eigenvalue weighted by Gasteiger charge is 2.30. The van der Waals surface area contributed by atoms with E-state index in [1.165, 1.54) is 13.8 Å². The van der Waals surface area contributed by atoms with Crippen molar-refractivity contribution in [2.24, 2.45) is 0 Å². The number of sulfonamides is 1. The minimum absolute atomic E-state index is 0.0828. The summed E-state index contributed by atoms with van der Waals surface area (Å²) in [5.41, 5.74) is 0. The van der Waals surface area contributed by atoms with Crippen molar-refractivity contribution >= 4 is 38.3 Å². The fourth-order valence-electron chi connectivity index (χ4n) is 1.93. The fraction of sp³-hybridized carbons (Fsp3) is 0.600. The van der Waals surface area contributed by atoms with E-state index >= 15 is 0 Å². The van der Waals surface area contributed by atoms with Crippen molar-refractivity contribution in [3.05, 3.63) is 0 Å². The highest BCUT2D eigenvalue weighted by atomic mass is 32.2. The summed E-state index contributed by atoms with van der Waals surface area (Å²) in [6, 6.07) is -0.341. The van der Waals surface area contributed by atoms with E-state index < -0.39 is 10.0 Å². The molecule has 11 heteroatoms. The van der Waals surface area contributed by atoms with E-state index in [2.05, 4.69) is 20.2 Å². The lowest BCUT2D eigenvalue weighted by atomic mass is 10.3. The van der Waals surface area contributed by atoms with Gasteiger partial charge in [-0.2, -0.15) is 0 Å². The van der Waals surface area contributed by atoms with E-state index in [9.17, 15) is 18.0 Å². The number of carbonyl (C=O) groups excluding carboxylic acids is 2. The van der Waals surface area contributed by atoms with Gasteiger partial charge in [0.1, 0.15) is 0 Å². The van der Waals surface area contributed by atoms with Crippen LogP contribution in [0.3, 0.4) is 0 Å². The monoisotopic (exact) mass is 333 g/mol. The van der Waals surface area contributed by atoms with Gasteiger partial charge in [0, 0.05) is 33.0 Å². The Labute approximate surface area is 125 Å². The largest absolute Gasteiger partial charge is 0.341 e. The van der Waals surface area contributed by atoms with Gasteiger partial charge in [-0.3, -0.25) is 9.59 Å². The summed E-state index contributed by atoms with van der Waals surface area (Å²) in [5, 5.41) is 9.65. The number of hydrogen-bond acceptors (Lipinski definition) is 7. The number of hydrogen-bond donors (Lipinski definition) is 2. The van der Waals surface area contributed by atoms with Crippen molar-refractivity contribution in [1.29, 1.82) is 0 Å². The Balaban J connectivity index is 2.03. The number of amides is 2. The van der Waals surface area contributed by atoms with Gasteiger partial charge < -0.3 is 10.2 Å². The minimum Gasteiger partial charge on any atom is -0.341 e. The van der Waals surface area contributed by atoms with Crippen molar-refractivity contribution in [3.63, 3.8) is 0 Å². The number of carbonyl (C=O) groups is 2. The molecule has 0 aliphatic carbocycles. The zero-order valence-electron chi connectivity index (χ0n) is 11.5. The molecule has 2 amide bonds. The predicted molar refractivity (Wildman–Crippen MR) is 75.2 cm³/mol. The number of aromatic nitrogens is 2. The van der Waals surface area contributed by atoms with Gasteiger partial charge in [-0.25, -0.2) is 13.1 Å². The quantitative estimate of drug-likeness (QED) is 0.709. The molecule has 0 radical (unpaired) electrons. The Bertz CT molecular complexity index is 656. The molecular weight excluding hydrogens is 318 g/mol. The van der Waals surface area contributed by atoms with Crippen molar-refractivity contribution < 1.29 is 18.0 Å². The van der Waals surface area contributed by atoms with Crippen LogP contribution in [0.1, 0.15) is 20.3 Å². The van der Waals surface area contributed by atoms with Crippen molar-refractivity contribution in [2.45, 2.75) is 30.6 Å². The maximum atomic E-state index is 12.1. The third kappa shape index (κ3) is 3.95. The van der Waals surface area contributed by atoms with Gasteiger partial charge in [0.05, 0.1) is 0 Å². The van der Waals surface area contributed by atoms with Crippen LogP contribution in [0.2, 0.25) is 0 Å². The van der Waals surface area contributed by atoms with Crippen molar-refractivity contribution in [2.75, 3.05) is 18.4 Å². The van der Waals surface area contributed by atoms with Gasteiger partial charge in [-0.05, 0) is 6.42 Å². The lowest BCUT2D eigenvalue weighted by molar-refractivity contribution is -0.127. The molecule has 0 saturated carbocycles. The van der Waals surface area contributed by atoms with Gasteiger partial charge in [0.15, 0.2) is 0 Å². The molecule has 1 aromatic heterocycles. The molecule has 1 unspecified atom stereocenters. The molecule has 0 spiro atoms. The fourth-order valence-corrected chi connectivity index (χ4v) is 4.16. The van der Waals surface area contributed by atoms with E-state index in [-0.39, 0.29) is 27.3 Å². The summed E-state index contributed by atoms with van der Waals surface area (Å²) >= 11 is 0.773. The van der Waals surface area contributed by atoms with E-state index in [0.29, 0.717) is 19.5 Å². The molecule has 9 nitrogen and oxygen atoms in total. The predicted octanol–water partition coefficient (Wildman–Crippen LogP) is -0.604. The third-order valence-corrected chi connectivity index (χ3v) is 5.60. The summed E-state index contributed by atoms with van der Waals surface area (Å²) in [4.78, 5) is 23.7. The highest BCUT2D eigenvalue weighted by molar-refractivity contribution is 7.91. The molecule has 2 heterocycles. The normalized spacial score (nSPS) is 18.8. The number of nitrogens with one attached hydrogen (secondary N) is 2. The van der Waals surface area contributed by atoms with Crippen LogP contribution in [0.15, 0.2) is 4.34 Å². The summed E-state index contributed by atoms with van der Waals surface area (Å²) < 4.78 is 26.6. The molecule has 1 aliphatic heterocycles. The molecule has 2 N–H and O–H groups in total. The van der Waals surface area contributed by atoms with Gasteiger partial charge >= 0.3 is 0 Å². The average molecular weight is 333 g/mol. The van der Waals surface area contributed by atoms with Crippen LogP contribution in [0.4, 0.5) is 5.13 Å². The van der Waals surface area contributed by atoms with Crippen molar-refractivity contribution in [3.8, 4) is 0 Å². The minimum atomic E-state index is -3.80. The second kappa shape index (κ2) is 6.03. The van der Waals surface area contributed by atoms with Crippen LogP contribution in [0.25, 0.3) is 0 Å². The van der Waals surface area contributed by atoms with Crippen molar-refractivity contribution in [1.82, 2.24) is 19.8 Å². The molecular formula is C10H15N5O4S2. The Morgan fingerprint density at radius 3 is 2.62 bits per heavy atom. The van der Waals surface area contributed by atoms with Crippen LogP contribution >= 0.6 is 11.3 Å².